The fourth-order valence-corrected chi connectivity index (χ4v) is 1.68. The van der Waals surface area contributed by atoms with Crippen molar-refractivity contribution in [1.29, 1.82) is 0 Å². The van der Waals surface area contributed by atoms with Gasteiger partial charge in [-0.25, -0.2) is 20.2 Å². The molecule has 1 aromatic carbocycles. The number of hydrazine groups is 1. The highest BCUT2D eigenvalue weighted by Gasteiger charge is 2.09. The summed E-state index contributed by atoms with van der Waals surface area (Å²) < 4.78 is 12.9. The molecule has 0 aliphatic rings. The van der Waals surface area contributed by atoms with Gasteiger partial charge in [0.2, 0.25) is 0 Å². The number of aryl methyl sites for hydroxylation is 1. The molecule has 0 saturated heterocycles. The molecule has 1 heterocycles. The Labute approximate surface area is 111 Å². The normalized spacial score (nSPS) is 10.3. The molecule has 19 heavy (non-hydrogen) atoms. The second kappa shape index (κ2) is 5.62. The molecular weight excluding hydrogens is 245 g/mol. The van der Waals surface area contributed by atoms with Gasteiger partial charge >= 0.3 is 0 Å². The third kappa shape index (κ3) is 2.97. The van der Waals surface area contributed by atoms with Crippen molar-refractivity contribution in [1.82, 2.24) is 9.97 Å². The van der Waals surface area contributed by atoms with E-state index in [1.54, 1.807) is 18.2 Å². The molecular formula is C13H16FN5. The van der Waals surface area contributed by atoms with Crippen molar-refractivity contribution in [3.63, 3.8) is 0 Å². The van der Waals surface area contributed by atoms with Crippen LogP contribution in [0.25, 0.3) is 0 Å². The SMILES string of the molecule is CCc1nc(NN)cc(N(C)c2ccc(F)cc2)n1. The fraction of sp³-hybridized carbons (Fsp3) is 0.231. The molecule has 0 aliphatic carbocycles. The van der Waals surface area contributed by atoms with Gasteiger partial charge in [0.05, 0.1) is 0 Å². The van der Waals surface area contributed by atoms with Crippen LogP contribution in [0.2, 0.25) is 0 Å². The molecule has 0 atom stereocenters. The Morgan fingerprint density at radius 3 is 2.53 bits per heavy atom. The summed E-state index contributed by atoms with van der Waals surface area (Å²) in [6.07, 6.45) is 0.708. The second-order valence-corrected chi connectivity index (χ2v) is 4.06. The van der Waals surface area contributed by atoms with Crippen molar-refractivity contribution < 1.29 is 4.39 Å². The third-order valence-corrected chi connectivity index (χ3v) is 2.78. The van der Waals surface area contributed by atoms with Gasteiger partial charge in [-0.1, -0.05) is 6.92 Å². The lowest BCUT2D eigenvalue weighted by atomic mass is 10.3. The zero-order chi connectivity index (χ0) is 13.8. The van der Waals surface area contributed by atoms with Crippen LogP contribution in [-0.2, 0) is 6.42 Å². The average Bonchev–Trinajstić information content (AvgIpc) is 2.46. The Bertz CT molecular complexity index is 533. The van der Waals surface area contributed by atoms with Gasteiger partial charge < -0.3 is 10.3 Å². The second-order valence-electron chi connectivity index (χ2n) is 4.06. The van der Waals surface area contributed by atoms with Crippen LogP contribution in [0.15, 0.2) is 30.3 Å². The predicted molar refractivity (Wildman–Crippen MR) is 73.7 cm³/mol. The summed E-state index contributed by atoms with van der Waals surface area (Å²) in [5.41, 5.74) is 3.36. The number of hydrogen-bond acceptors (Lipinski definition) is 5. The van der Waals surface area contributed by atoms with E-state index in [9.17, 15) is 4.39 Å². The van der Waals surface area contributed by atoms with Crippen LogP contribution in [0.5, 0.6) is 0 Å². The van der Waals surface area contributed by atoms with Crippen LogP contribution in [0, 0.1) is 5.82 Å². The highest BCUT2D eigenvalue weighted by molar-refractivity contribution is 5.61. The molecule has 5 nitrogen and oxygen atoms in total. The number of aromatic nitrogens is 2. The van der Waals surface area contributed by atoms with E-state index < -0.39 is 0 Å². The molecule has 0 bridgehead atoms. The minimum atomic E-state index is -0.265. The van der Waals surface area contributed by atoms with Crippen LogP contribution >= 0.6 is 0 Å². The molecule has 0 saturated carbocycles. The maximum atomic E-state index is 12.9. The maximum Gasteiger partial charge on any atom is 0.145 e. The number of anilines is 3. The van der Waals surface area contributed by atoms with Crippen molar-refractivity contribution in [3.05, 3.63) is 42.0 Å². The van der Waals surface area contributed by atoms with Gasteiger partial charge in [-0.05, 0) is 24.3 Å². The number of nitrogen functional groups attached to an aromatic ring is 1. The quantitative estimate of drug-likeness (QED) is 0.652. The van der Waals surface area contributed by atoms with Crippen LogP contribution < -0.4 is 16.2 Å². The lowest BCUT2D eigenvalue weighted by molar-refractivity contribution is 0.628. The maximum absolute atomic E-state index is 12.9. The zero-order valence-corrected chi connectivity index (χ0v) is 10.9. The molecule has 0 aliphatic heterocycles. The van der Waals surface area contributed by atoms with Crippen molar-refractivity contribution in [2.75, 3.05) is 17.4 Å². The van der Waals surface area contributed by atoms with E-state index in [1.165, 1.54) is 12.1 Å². The van der Waals surface area contributed by atoms with Crippen LogP contribution in [0.3, 0.4) is 0 Å². The Hall–Kier alpha value is -2.21. The minimum absolute atomic E-state index is 0.265. The van der Waals surface area contributed by atoms with Gasteiger partial charge in [0.1, 0.15) is 23.3 Å². The number of hydrogen-bond donors (Lipinski definition) is 2. The fourth-order valence-electron chi connectivity index (χ4n) is 1.68. The van der Waals surface area contributed by atoms with E-state index in [0.717, 1.165) is 5.69 Å². The van der Waals surface area contributed by atoms with Crippen LogP contribution in [0.4, 0.5) is 21.7 Å². The number of benzene rings is 1. The van der Waals surface area contributed by atoms with E-state index in [2.05, 4.69) is 15.4 Å². The zero-order valence-electron chi connectivity index (χ0n) is 10.9. The summed E-state index contributed by atoms with van der Waals surface area (Å²) in [5.74, 6) is 7.07. The molecule has 0 radical (unpaired) electrons. The largest absolute Gasteiger partial charge is 0.329 e. The van der Waals surface area contributed by atoms with E-state index >= 15 is 0 Å². The van der Waals surface area contributed by atoms with Crippen molar-refractivity contribution in [3.8, 4) is 0 Å². The van der Waals surface area contributed by atoms with Crippen molar-refractivity contribution >= 4 is 17.3 Å². The number of nitrogens with zero attached hydrogens (tertiary/aromatic N) is 3. The van der Waals surface area contributed by atoms with E-state index in [-0.39, 0.29) is 5.82 Å². The van der Waals surface area contributed by atoms with Gasteiger partial charge in [-0.3, -0.25) is 0 Å². The first kappa shape index (κ1) is 13.2. The summed E-state index contributed by atoms with van der Waals surface area (Å²) in [6.45, 7) is 1.97. The van der Waals surface area contributed by atoms with Gasteiger partial charge in [-0.15, -0.1) is 0 Å². The number of nitrogens with two attached hydrogens (primary N) is 1. The van der Waals surface area contributed by atoms with E-state index in [1.807, 2.05) is 18.9 Å². The Morgan fingerprint density at radius 2 is 1.95 bits per heavy atom. The summed E-state index contributed by atoms with van der Waals surface area (Å²) >= 11 is 0. The van der Waals surface area contributed by atoms with Crippen LogP contribution in [0.1, 0.15) is 12.7 Å². The first-order chi connectivity index (χ1) is 9.13. The Kier molecular flexibility index (Phi) is 3.91. The first-order valence-corrected chi connectivity index (χ1v) is 5.98. The Morgan fingerprint density at radius 1 is 1.26 bits per heavy atom. The van der Waals surface area contributed by atoms with Crippen molar-refractivity contribution in [2.45, 2.75) is 13.3 Å². The van der Waals surface area contributed by atoms with E-state index in [0.29, 0.717) is 23.9 Å². The molecule has 100 valence electrons. The molecule has 6 heteroatoms. The number of rotatable bonds is 4. The Balaban J connectivity index is 2.37. The highest BCUT2D eigenvalue weighted by Crippen LogP contribution is 2.23. The molecule has 0 unspecified atom stereocenters. The summed E-state index contributed by atoms with van der Waals surface area (Å²) in [5, 5.41) is 0. The van der Waals surface area contributed by atoms with E-state index in [4.69, 9.17) is 5.84 Å². The average molecular weight is 261 g/mol. The minimum Gasteiger partial charge on any atom is -0.329 e. The molecule has 0 fully saturated rings. The summed E-state index contributed by atoms with van der Waals surface area (Å²) in [4.78, 5) is 10.5. The monoisotopic (exact) mass is 261 g/mol. The highest BCUT2D eigenvalue weighted by atomic mass is 19.1. The number of halogens is 1. The molecule has 3 N–H and O–H groups in total. The van der Waals surface area contributed by atoms with Gasteiger partial charge in [0.15, 0.2) is 0 Å². The lowest BCUT2D eigenvalue weighted by Crippen LogP contribution is -2.16. The standard InChI is InChI=1S/C13H16FN5/c1-3-11-16-12(18-15)8-13(17-11)19(2)10-6-4-9(14)5-7-10/h4-8H,3,15H2,1-2H3,(H,16,17,18). The topological polar surface area (TPSA) is 67.1 Å². The smallest absolute Gasteiger partial charge is 0.145 e. The summed E-state index contributed by atoms with van der Waals surface area (Å²) in [7, 11) is 1.86. The van der Waals surface area contributed by atoms with Crippen LogP contribution in [-0.4, -0.2) is 17.0 Å². The predicted octanol–water partition coefficient (Wildman–Crippen LogP) is 2.23. The molecule has 0 amide bonds. The van der Waals surface area contributed by atoms with Gasteiger partial charge in [-0.2, -0.15) is 0 Å². The molecule has 0 spiro atoms. The van der Waals surface area contributed by atoms with Gasteiger partial charge in [0, 0.05) is 25.2 Å². The molecule has 2 aromatic rings. The number of nitrogens with one attached hydrogen (secondary N) is 1. The molecule has 1 aromatic heterocycles. The molecule has 2 rings (SSSR count). The van der Waals surface area contributed by atoms with Gasteiger partial charge in [0.25, 0.3) is 0 Å². The third-order valence-electron chi connectivity index (χ3n) is 2.78. The van der Waals surface area contributed by atoms with Crippen molar-refractivity contribution in [2.24, 2.45) is 5.84 Å². The first-order valence-electron chi connectivity index (χ1n) is 5.98. The summed E-state index contributed by atoms with van der Waals surface area (Å²) in [6, 6.07) is 7.95. The lowest BCUT2D eigenvalue weighted by Gasteiger charge is -2.19.